The molecular weight excluding hydrogens is 268 g/mol. The highest BCUT2D eigenvalue weighted by atomic mass is 16.2. The first-order valence-electron chi connectivity index (χ1n) is 6.68. The van der Waals surface area contributed by atoms with Crippen LogP contribution < -0.4 is 21.9 Å². The van der Waals surface area contributed by atoms with E-state index in [1.54, 1.807) is 24.3 Å². The maximum atomic E-state index is 11.9. The number of amides is 1. The second-order valence-electron chi connectivity index (χ2n) is 4.36. The lowest BCUT2D eigenvalue weighted by molar-refractivity contribution is 0.0962. The van der Waals surface area contributed by atoms with Crippen molar-refractivity contribution in [2.75, 3.05) is 23.0 Å². The van der Waals surface area contributed by atoms with E-state index < -0.39 is 0 Å². The Morgan fingerprint density at radius 2 is 1.90 bits per heavy atom. The van der Waals surface area contributed by atoms with Gasteiger partial charge in [-0.3, -0.25) is 15.6 Å². The van der Waals surface area contributed by atoms with Gasteiger partial charge in [0, 0.05) is 12.1 Å². The fourth-order valence-electron chi connectivity index (χ4n) is 1.66. The topological polar surface area (TPSA) is 105 Å². The van der Waals surface area contributed by atoms with E-state index >= 15 is 0 Å². The van der Waals surface area contributed by atoms with Gasteiger partial charge in [0.2, 0.25) is 0 Å². The van der Waals surface area contributed by atoms with Crippen LogP contribution in [0.15, 0.2) is 36.7 Å². The largest absolute Gasteiger partial charge is 0.393 e. The molecule has 1 aromatic carbocycles. The Labute approximate surface area is 123 Å². The molecule has 21 heavy (non-hydrogen) atoms. The molecule has 0 saturated heterocycles. The zero-order chi connectivity index (χ0) is 15.1. The Bertz CT molecular complexity index is 602. The quantitative estimate of drug-likeness (QED) is 0.602. The van der Waals surface area contributed by atoms with Gasteiger partial charge in [-0.1, -0.05) is 25.1 Å². The molecular formula is C14H18N6O. The van der Waals surface area contributed by atoms with Crippen molar-refractivity contribution < 1.29 is 4.79 Å². The predicted molar refractivity (Wildman–Crippen MR) is 82.8 cm³/mol. The Morgan fingerprint density at radius 3 is 2.62 bits per heavy atom. The third-order valence-electron chi connectivity index (χ3n) is 2.76. The lowest BCUT2D eigenvalue weighted by atomic mass is 10.2. The van der Waals surface area contributed by atoms with E-state index in [-0.39, 0.29) is 5.91 Å². The van der Waals surface area contributed by atoms with E-state index in [2.05, 4.69) is 26.1 Å². The molecule has 1 amide bonds. The Kier molecular flexibility index (Phi) is 4.92. The molecule has 0 saturated carbocycles. The van der Waals surface area contributed by atoms with Crippen LogP contribution >= 0.6 is 0 Å². The molecule has 0 atom stereocenters. The minimum absolute atomic E-state index is 0.267. The normalized spacial score (nSPS) is 9.95. The van der Waals surface area contributed by atoms with Crippen LogP contribution in [-0.4, -0.2) is 22.4 Å². The van der Waals surface area contributed by atoms with Crippen LogP contribution in [0.5, 0.6) is 0 Å². The molecule has 1 aromatic heterocycles. The minimum Gasteiger partial charge on any atom is -0.393 e. The van der Waals surface area contributed by atoms with Crippen molar-refractivity contribution in [2.45, 2.75) is 13.3 Å². The number of nitrogen functional groups attached to an aromatic ring is 1. The molecule has 0 bridgehead atoms. The number of carbonyl (C=O) groups excluding carboxylic acids is 1. The molecule has 110 valence electrons. The number of nitrogens with two attached hydrogens (primary N) is 1. The van der Waals surface area contributed by atoms with Gasteiger partial charge < -0.3 is 11.1 Å². The molecule has 0 fully saturated rings. The number of rotatable bonds is 6. The highest BCUT2D eigenvalue weighted by molar-refractivity contribution is 5.95. The second kappa shape index (κ2) is 7.09. The molecule has 0 aliphatic heterocycles. The molecule has 1 heterocycles. The molecule has 0 spiro atoms. The van der Waals surface area contributed by atoms with Crippen molar-refractivity contribution in [1.82, 2.24) is 15.4 Å². The van der Waals surface area contributed by atoms with E-state index in [0.717, 1.165) is 13.0 Å². The summed E-state index contributed by atoms with van der Waals surface area (Å²) in [6.45, 7) is 2.81. The SMILES string of the molecule is CCCNc1ncnc(NNC(=O)c2ccccc2)c1N. The maximum absolute atomic E-state index is 11.9. The molecule has 2 aromatic rings. The van der Waals surface area contributed by atoms with Crippen molar-refractivity contribution in [3.63, 3.8) is 0 Å². The number of anilines is 3. The zero-order valence-electron chi connectivity index (χ0n) is 11.8. The third kappa shape index (κ3) is 3.82. The van der Waals surface area contributed by atoms with E-state index in [1.807, 2.05) is 13.0 Å². The number of benzene rings is 1. The maximum Gasteiger partial charge on any atom is 0.269 e. The van der Waals surface area contributed by atoms with Crippen LogP contribution in [0.3, 0.4) is 0 Å². The fraction of sp³-hybridized carbons (Fsp3) is 0.214. The van der Waals surface area contributed by atoms with Gasteiger partial charge in [-0.25, -0.2) is 9.97 Å². The highest BCUT2D eigenvalue weighted by Crippen LogP contribution is 2.21. The average molecular weight is 286 g/mol. The molecule has 5 N–H and O–H groups in total. The summed E-state index contributed by atoms with van der Waals surface area (Å²) >= 11 is 0. The number of hydrazine groups is 1. The fourth-order valence-corrected chi connectivity index (χ4v) is 1.66. The minimum atomic E-state index is -0.267. The number of nitrogens with zero attached hydrogens (tertiary/aromatic N) is 2. The third-order valence-corrected chi connectivity index (χ3v) is 2.76. The predicted octanol–water partition coefficient (Wildman–Crippen LogP) is 1.64. The van der Waals surface area contributed by atoms with Gasteiger partial charge >= 0.3 is 0 Å². The highest BCUT2D eigenvalue weighted by Gasteiger charge is 2.09. The van der Waals surface area contributed by atoms with E-state index in [4.69, 9.17) is 5.73 Å². The monoisotopic (exact) mass is 286 g/mol. The van der Waals surface area contributed by atoms with Gasteiger partial charge in [-0.15, -0.1) is 0 Å². The van der Waals surface area contributed by atoms with Crippen molar-refractivity contribution in [3.8, 4) is 0 Å². The van der Waals surface area contributed by atoms with Gasteiger partial charge in [0.05, 0.1) is 0 Å². The van der Waals surface area contributed by atoms with Crippen LogP contribution in [0.4, 0.5) is 17.3 Å². The number of aromatic nitrogens is 2. The average Bonchev–Trinajstić information content (AvgIpc) is 2.53. The first kappa shape index (κ1) is 14.6. The number of hydrogen-bond acceptors (Lipinski definition) is 6. The van der Waals surface area contributed by atoms with E-state index in [1.165, 1.54) is 6.33 Å². The summed E-state index contributed by atoms with van der Waals surface area (Å²) in [5.74, 6) is 0.632. The first-order chi connectivity index (χ1) is 10.2. The summed E-state index contributed by atoms with van der Waals surface area (Å²) in [7, 11) is 0. The van der Waals surface area contributed by atoms with E-state index in [0.29, 0.717) is 22.9 Å². The van der Waals surface area contributed by atoms with Crippen molar-refractivity contribution in [3.05, 3.63) is 42.2 Å². The molecule has 7 nitrogen and oxygen atoms in total. The molecule has 0 aliphatic rings. The Morgan fingerprint density at radius 1 is 1.19 bits per heavy atom. The van der Waals surface area contributed by atoms with Gasteiger partial charge in [0.25, 0.3) is 5.91 Å². The molecule has 7 heteroatoms. The smallest absolute Gasteiger partial charge is 0.269 e. The zero-order valence-corrected chi connectivity index (χ0v) is 11.8. The molecule has 2 rings (SSSR count). The van der Waals surface area contributed by atoms with Crippen LogP contribution in [0.1, 0.15) is 23.7 Å². The van der Waals surface area contributed by atoms with Crippen molar-refractivity contribution >= 4 is 23.2 Å². The Balaban J connectivity index is 2.01. The van der Waals surface area contributed by atoms with Crippen LogP contribution in [0, 0.1) is 0 Å². The van der Waals surface area contributed by atoms with Crippen LogP contribution in [0.2, 0.25) is 0 Å². The summed E-state index contributed by atoms with van der Waals surface area (Å²) in [6.07, 6.45) is 2.34. The summed E-state index contributed by atoms with van der Waals surface area (Å²) in [5.41, 5.74) is 12.1. The number of carbonyl (C=O) groups is 1. The summed E-state index contributed by atoms with van der Waals surface area (Å²) in [6, 6.07) is 8.86. The summed E-state index contributed by atoms with van der Waals surface area (Å²) in [4.78, 5) is 20.0. The standard InChI is InChI=1S/C14H18N6O/c1-2-8-16-12-11(15)13(18-9-17-12)19-20-14(21)10-6-4-3-5-7-10/h3-7,9H,2,8,15H2,1H3,(H,20,21)(H2,16,17,18,19). The Hall–Kier alpha value is -2.83. The molecule has 0 aliphatic carbocycles. The van der Waals surface area contributed by atoms with Crippen molar-refractivity contribution in [1.29, 1.82) is 0 Å². The summed E-state index contributed by atoms with van der Waals surface area (Å²) < 4.78 is 0. The molecule has 0 unspecified atom stereocenters. The summed E-state index contributed by atoms with van der Waals surface area (Å²) in [5, 5.41) is 3.09. The van der Waals surface area contributed by atoms with Crippen LogP contribution in [-0.2, 0) is 0 Å². The van der Waals surface area contributed by atoms with E-state index in [9.17, 15) is 4.79 Å². The van der Waals surface area contributed by atoms with Gasteiger partial charge in [-0.05, 0) is 18.6 Å². The number of nitrogens with one attached hydrogen (secondary N) is 3. The second-order valence-corrected chi connectivity index (χ2v) is 4.36. The van der Waals surface area contributed by atoms with Crippen LogP contribution in [0.25, 0.3) is 0 Å². The van der Waals surface area contributed by atoms with Gasteiger partial charge in [-0.2, -0.15) is 0 Å². The van der Waals surface area contributed by atoms with Crippen molar-refractivity contribution in [2.24, 2.45) is 0 Å². The van der Waals surface area contributed by atoms with Gasteiger partial charge in [0.1, 0.15) is 12.0 Å². The molecule has 0 radical (unpaired) electrons. The first-order valence-corrected chi connectivity index (χ1v) is 6.68. The lowest BCUT2D eigenvalue weighted by Gasteiger charge is -2.12. The number of hydrogen-bond donors (Lipinski definition) is 4. The van der Waals surface area contributed by atoms with Gasteiger partial charge in [0.15, 0.2) is 11.6 Å². The lowest BCUT2D eigenvalue weighted by Crippen LogP contribution is -2.30.